The van der Waals surface area contributed by atoms with E-state index >= 15 is 0 Å². The third kappa shape index (κ3) is 4.33. The number of aromatic nitrogens is 2. The van der Waals surface area contributed by atoms with Crippen molar-refractivity contribution in [3.8, 4) is 17.5 Å². The van der Waals surface area contributed by atoms with E-state index in [1.54, 1.807) is 6.92 Å². The molecule has 23 heavy (non-hydrogen) atoms. The summed E-state index contributed by atoms with van der Waals surface area (Å²) in [5.41, 5.74) is 0.629. The maximum absolute atomic E-state index is 11.5. The van der Waals surface area contributed by atoms with Crippen molar-refractivity contribution in [2.75, 3.05) is 6.26 Å². The summed E-state index contributed by atoms with van der Waals surface area (Å²) in [4.78, 5) is 8.25. The molecule has 0 bridgehead atoms. The van der Waals surface area contributed by atoms with Gasteiger partial charge in [-0.3, -0.25) is 0 Å². The van der Waals surface area contributed by atoms with Gasteiger partial charge in [-0.05, 0) is 39.0 Å². The largest absolute Gasteiger partial charge is 0.475 e. The molecule has 0 unspecified atom stereocenters. The number of nitrogens with zero attached hydrogens (tertiary/aromatic N) is 2. The average molecular weight is 357 g/mol. The minimum Gasteiger partial charge on any atom is -0.475 e. The number of sulfone groups is 1. The standard InChI is InChI=1S/C15H17ClN2O4S/c1-9(2)21-14-10(3)15(18-8-17-14)22-13-6-5-11(7-12(13)16)23(4,19)20/h5-9H,1-4H3. The van der Waals surface area contributed by atoms with Gasteiger partial charge in [0.2, 0.25) is 11.8 Å². The molecule has 1 heterocycles. The molecular weight excluding hydrogens is 340 g/mol. The second-order valence-electron chi connectivity index (χ2n) is 5.24. The molecule has 0 N–H and O–H groups in total. The molecular formula is C15H17ClN2O4S. The molecule has 0 spiro atoms. The maximum Gasteiger partial charge on any atom is 0.229 e. The van der Waals surface area contributed by atoms with Gasteiger partial charge in [-0.2, -0.15) is 0 Å². The summed E-state index contributed by atoms with van der Waals surface area (Å²) < 4.78 is 34.3. The van der Waals surface area contributed by atoms with E-state index in [1.807, 2.05) is 13.8 Å². The minimum absolute atomic E-state index is 0.0333. The first kappa shape index (κ1) is 17.5. The van der Waals surface area contributed by atoms with Gasteiger partial charge in [0.15, 0.2) is 9.84 Å². The van der Waals surface area contributed by atoms with Gasteiger partial charge in [0, 0.05) is 6.26 Å². The molecule has 0 aliphatic heterocycles. The SMILES string of the molecule is Cc1c(Oc2ccc(S(C)(=O)=O)cc2Cl)ncnc1OC(C)C. The molecule has 0 atom stereocenters. The van der Waals surface area contributed by atoms with Crippen LogP contribution in [0.3, 0.4) is 0 Å². The van der Waals surface area contributed by atoms with Crippen LogP contribution in [0.1, 0.15) is 19.4 Å². The van der Waals surface area contributed by atoms with E-state index in [0.29, 0.717) is 23.1 Å². The van der Waals surface area contributed by atoms with Gasteiger partial charge in [0.05, 0.1) is 21.6 Å². The Bertz CT molecular complexity index is 822. The van der Waals surface area contributed by atoms with Crippen LogP contribution in [0.4, 0.5) is 0 Å². The second kappa shape index (κ2) is 6.72. The Morgan fingerprint density at radius 1 is 1.17 bits per heavy atom. The molecule has 0 aliphatic carbocycles. The number of hydrogen-bond donors (Lipinski definition) is 0. The highest BCUT2D eigenvalue weighted by molar-refractivity contribution is 7.90. The average Bonchev–Trinajstić information content (AvgIpc) is 2.43. The first-order valence-electron chi connectivity index (χ1n) is 6.84. The Morgan fingerprint density at radius 2 is 1.83 bits per heavy atom. The highest BCUT2D eigenvalue weighted by atomic mass is 35.5. The van der Waals surface area contributed by atoms with E-state index < -0.39 is 9.84 Å². The fourth-order valence-corrected chi connectivity index (χ4v) is 2.69. The summed E-state index contributed by atoms with van der Waals surface area (Å²) >= 11 is 6.10. The zero-order chi connectivity index (χ0) is 17.2. The van der Waals surface area contributed by atoms with Crippen molar-refractivity contribution in [2.45, 2.75) is 31.8 Å². The molecule has 1 aromatic carbocycles. The van der Waals surface area contributed by atoms with Crippen LogP contribution in [0.5, 0.6) is 17.5 Å². The van der Waals surface area contributed by atoms with E-state index in [-0.39, 0.29) is 16.0 Å². The summed E-state index contributed by atoms with van der Waals surface area (Å²) in [6.45, 7) is 5.55. The lowest BCUT2D eigenvalue weighted by Crippen LogP contribution is -2.09. The second-order valence-corrected chi connectivity index (χ2v) is 7.66. The van der Waals surface area contributed by atoms with E-state index in [1.165, 1.54) is 24.5 Å². The molecule has 6 nitrogen and oxygen atoms in total. The Hall–Kier alpha value is -1.86. The molecule has 0 saturated carbocycles. The Labute approximate surface area is 140 Å². The van der Waals surface area contributed by atoms with Crippen molar-refractivity contribution in [3.05, 3.63) is 35.1 Å². The van der Waals surface area contributed by atoms with Crippen molar-refractivity contribution >= 4 is 21.4 Å². The van der Waals surface area contributed by atoms with Gasteiger partial charge in [-0.1, -0.05) is 11.6 Å². The monoisotopic (exact) mass is 356 g/mol. The molecule has 0 aliphatic rings. The zero-order valence-corrected chi connectivity index (χ0v) is 14.8. The third-order valence-corrected chi connectivity index (χ3v) is 4.28. The molecule has 2 aromatic rings. The predicted molar refractivity (Wildman–Crippen MR) is 87.2 cm³/mol. The van der Waals surface area contributed by atoms with Crippen LogP contribution in [0.2, 0.25) is 5.02 Å². The van der Waals surface area contributed by atoms with Gasteiger partial charge in [0.1, 0.15) is 12.1 Å². The van der Waals surface area contributed by atoms with E-state index in [0.717, 1.165) is 6.26 Å². The lowest BCUT2D eigenvalue weighted by molar-refractivity contribution is 0.229. The first-order valence-corrected chi connectivity index (χ1v) is 9.11. The molecule has 0 amide bonds. The van der Waals surface area contributed by atoms with Crippen molar-refractivity contribution < 1.29 is 17.9 Å². The van der Waals surface area contributed by atoms with Crippen LogP contribution in [0, 0.1) is 6.92 Å². The molecule has 0 fully saturated rings. The van der Waals surface area contributed by atoms with Gasteiger partial charge in [-0.25, -0.2) is 18.4 Å². The third-order valence-electron chi connectivity index (χ3n) is 2.88. The van der Waals surface area contributed by atoms with Gasteiger partial charge < -0.3 is 9.47 Å². The first-order chi connectivity index (χ1) is 10.7. The fourth-order valence-electron chi connectivity index (χ4n) is 1.76. The lowest BCUT2D eigenvalue weighted by atomic mass is 10.3. The quantitative estimate of drug-likeness (QED) is 0.816. The Morgan fingerprint density at radius 3 is 2.39 bits per heavy atom. The molecule has 0 saturated heterocycles. The predicted octanol–water partition coefficient (Wildman–Crippen LogP) is 3.42. The Balaban J connectivity index is 2.33. The van der Waals surface area contributed by atoms with Gasteiger partial charge in [0.25, 0.3) is 0 Å². The van der Waals surface area contributed by atoms with Crippen molar-refractivity contribution in [3.63, 3.8) is 0 Å². The lowest BCUT2D eigenvalue weighted by Gasteiger charge is -2.14. The van der Waals surface area contributed by atoms with E-state index in [2.05, 4.69) is 9.97 Å². The number of benzene rings is 1. The van der Waals surface area contributed by atoms with Crippen LogP contribution in [0.25, 0.3) is 0 Å². The van der Waals surface area contributed by atoms with Crippen molar-refractivity contribution in [1.29, 1.82) is 0 Å². The molecule has 8 heteroatoms. The normalized spacial score (nSPS) is 11.6. The summed E-state index contributed by atoms with van der Waals surface area (Å²) in [5.74, 6) is 1.02. The molecule has 2 rings (SSSR count). The number of ether oxygens (including phenoxy) is 2. The van der Waals surface area contributed by atoms with Crippen LogP contribution in [-0.4, -0.2) is 30.7 Å². The maximum atomic E-state index is 11.5. The fraction of sp³-hybridized carbons (Fsp3) is 0.333. The molecule has 124 valence electrons. The zero-order valence-electron chi connectivity index (χ0n) is 13.2. The molecule has 1 aromatic heterocycles. The highest BCUT2D eigenvalue weighted by Crippen LogP contribution is 2.33. The van der Waals surface area contributed by atoms with Crippen LogP contribution in [-0.2, 0) is 9.84 Å². The molecule has 0 radical (unpaired) electrons. The van der Waals surface area contributed by atoms with Gasteiger partial charge >= 0.3 is 0 Å². The summed E-state index contributed by atoms with van der Waals surface area (Å²) in [6, 6.07) is 4.26. The van der Waals surface area contributed by atoms with Crippen molar-refractivity contribution in [2.24, 2.45) is 0 Å². The van der Waals surface area contributed by atoms with E-state index in [9.17, 15) is 8.42 Å². The van der Waals surface area contributed by atoms with E-state index in [4.69, 9.17) is 21.1 Å². The topological polar surface area (TPSA) is 78.4 Å². The van der Waals surface area contributed by atoms with Crippen LogP contribution in [0.15, 0.2) is 29.4 Å². The van der Waals surface area contributed by atoms with Crippen molar-refractivity contribution in [1.82, 2.24) is 9.97 Å². The summed E-state index contributed by atoms with van der Waals surface area (Å²) in [6.07, 6.45) is 2.41. The number of halogens is 1. The number of rotatable bonds is 5. The number of hydrogen-bond acceptors (Lipinski definition) is 6. The van der Waals surface area contributed by atoms with Gasteiger partial charge in [-0.15, -0.1) is 0 Å². The Kier molecular flexibility index (Phi) is 5.11. The van der Waals surface area contributed by atoms with Crippen LogP contribution >= 0.6 is 11.6 Å². The smallest absolute Gasteiger partial charge is 0.229 e. The minimum atomic E-state index is -3.33. The van der Waals surface area contributed by atoms with Crippen LogP contribution < -0.4 is 9.47 Å². The summed E-state index contributed by atoms with van der Waals surface area (Å²) in [7, 11) is -3.33. The summed E-state index contributed by atoms with van der Waals surface area (Å²) in [5, 5.41) is 0.178. The highest BCUT2D eigenvalue weighted by Gasteiger charge is 2.15.